The van der Waals surface area contributed by atoms with Gasteiger partial charge in [0, 0.05) is 23.0 Å². The van der Waals surface area contributed by atoms with Gasteiger partial charge in [0.2, 0.25) is 0 Å². The summed E-state index contributed by atoms with van der Waals surface area (Å²) in [5.74, 6) is 0.657. The zero-order valence-corrected chi connectivity index (χ0v) is 17.2. The van der Waals surface area contributed by atoms with Gasteiger partial charge in [-0.2, -0.15) is 0 Å². The van der Waals surface area contributed by atoms with Gasteiger partial charge < -0.3 is 10.1 Å². The first kappa shape index (κ1) is 20.2. The first-order valence-electron chi connectivity index (χ1n) is 10.7. The molecule has 4 heteroatoms. The third kappa shape index (κ3) is 5.08. The zero-order valence-electron chi connectivity index (χ0n) is 17.2. The molecule has 0 aromatic heterocycles. The van der Waals surface area contributed by atoms with E-state index in [-0.39, 0.29) is 5.91 Å². The van der Waals surface area contributed by atoms with Gasteiger partial charge in [-0.1, -0.05) is 48.9 Å². The number of piperidine rings is 1. The van der Waals surface area contributed by atoms with Gasteiger partial charge in [0.05, 0.1) is 6.61 Å². The van der Waals surface area contributed by atoms with Crippen LogP contribution in [0.25, 0.3) is 0 Å². The number of nitrogens with zero attached hydrogens (tertiary/aromatic N) is 1. The SMILES string of the molecule is O=C(c1cccc(OCCC2CCCCN2)c1)N(c1ccccc1)c1ccccc1. The quantitative estimate of drug-likeness (QED) is 0.563. The van der Waals surface area contributed by atoms with Gasteiger partial charge in [-0.25, -0.2) is 0 Å². The predicted molar refractivity (Wildman–Crippen MR) is 122 cm³/mol. The lowest BCUT2D eigenvalue weighted by atomic mass is 10.0. The van der Waals surface area contributed by atoms with E-state index in [9.17, 15) is 4.79 Å². The fourth-order valence-electron chi connectivity index (χ4n) is 3.88. The van der Waals surface area contributed by atoms with E-state index in [0.29, 0.717) is 18.2 Å². The fraction of sp³-hybridized carbons (Fsp3) is 0.269. The van der Waals surface area contributed by atoms with E-state index in [0.717, 1.165) is 30.1 Å². The lowest BCUT2D eigenvalue weighted by Crippen LogP contribution is -2.35. The van der Waals surface area contributed by atoms with Gasteiger partial charge in [-0.15, -0.1) is 0 Å². The second kappa shape index (κ2) is 10.1. The summed E-state index contributed by atoms with van der Waals surface area (Å²) in [5, 5.41) is 3.55. The van der Waals surface area contributed by atoms with Crippen LogP contribution < -0.4 is 15.0 Å². The number of ether oxygens (including phenoxy) is 1. The number of rotatable bonds is 7. The van der Waals surface area contributed by atoms with Gasteiger partial charge in [0.15, 0.2) is 0 Å². The van der Waals surface area contributed by atoms with E-state index in [1.165, 1.54) is 19.3 Å². The van der Waals surface area contributed by atoms with E-state index < -0.39 is 0 Å². The Labute approximate surface area is 178 Å². The van der Waals surface area contributed by atoms with Crippen molar-refractivity contribution in [2.75, 3.05) is 18.1 Å². The van der Waals surface area contributed by atoms with Crippen molar-refractivity contribution in [2.24, 2.45) is 0 Å². The van der Waals surface area contributed by atoms with Crippen molar-refractivity contribution in [1.82, 2.24) is 5.32 Å². The predicted octanol–water partition coefficient (Wildman–Crippen LogP) is 5.58. The zero-order chi connectivity index (χ0) is 20.6. The smallest absolute Gasteiger partial charge is 0.262 e. The van der Waals surface area contributed by atoms with Crippen LogP contribution in [0.3, 0.4) is 0 Å². The average Bonchev–Trinajstić information content (AvgIpc) is 2.81. The molecule has 4 nitrogen and oxygen atoms in total. The van der Waals surface area contributed by atoms with Crippen LogP contribution in [0.4, 0.5) is 11.4 Å². The number of nitrogens with one attached hydrogen (secondary N) is 1. The molecule has 0 bridgehead atoms. The lowest BCUT2D eigenvalue weighted by molar-refractivity contribution is 0.0998. The summed E-state index contributed by atoms with van der Waals surface area (Å²) in [6.07, 6.45) is 4.75. The van der Waals surface area contributed by atoms with E-state index in [2.05, 4.69) is 5.32 Å². The molecule has 1 atom stereocenters. The number of para-hydroxylation sites is 2. The molecule has 1 heterocycles. The Morgan fingerprint density at radius 2 is 1.60 bits per heavy atom. The van der Waals surface area contributed by atoms with Gasteiger partial charge >= 0.3 is 0 Å². The second-order valence-corrected chi connectivity index (χ2v) is 7.62. The van der Waals surface area contributed by atoms with E-state index >= 15 is 0 Å². The Morgan fingerprint density at radius 1 is 0.900 bits per heavy atom. The minimum Gasteiger partial charge on any atom is -0.494 e. The fourth-order valence-corrected chi connectivity index (χ4v) is 3.88. The molecule has 3 aromatic carbocycles. The van der Waals surface area contributed by atoms with E-state index in [1.54, 1.807) is 4.90 Å². The lowest BCUT2D eigenvalue weighted by Gasteiger charge is -2.24. The van der Waals surface area contributed by atoms with Crippen LogP contribution in [0.1, 0.15) is 36.0 Å². The third-order valence-corrected chi connectivity index (χ3v) is 5.46. The number of carbonyl (C=O) groups excluding carboxylic acids is 1. The maximum Gasteiger partial charge on any atom is 0.262 e. The summed E-state index contributed by atoms with van der Waals surface area (Å²) in [6, 6.07) is 27.5. The highest BCUT2D eigenvalue weighted by molar-refractivity contribution is 6.11. The molecule has 1 N–H and O–H groups in total. The highest BCUT2D eigenvalue weighted by Crippen LogP contribution is 2.28. The van der Waals surface area contributed by atoms with Crippen molar-refractivity contribution in [2.45, 2.75) is 31.7 Å². The summed E-state index contributed by atoms with van der Waals surface area (Å²) in [6.45, 7) is 1.75. The molecule has 1 fully saturated rings. The monoisotopic (exact) mass is 400 g/mol. The molecular formula is C26H28N2O2. The van der Waals surface area contributed by atoms with Crippen molar-refractivity contribution < 1.29 is 9.53 Å². The summed E-state index contributed by atoms with van der Waals surface area (Å²) < 4.78 is 5.98. The molecule has 1 amide bonds. The maximum atomic E-state index is 13.5. The third-order valence-electron chi connectivity index (χ3n) is 5.46. The maximum absolute atomic E-state index is 13.5. The molecule has 1 unspecified atom stereocenters. The van der Waals surface area contributed by atoms with E-state index in [4.69, 9.17) is 4.74 Å². The number of amides is 1. The Kier molecular flexibility index (Phi) is 6.78. The number of hydrogen-bond donors (Lipinski definition) is 1. The van der Waals surface area contributed by atoms with Crippen molar-refractivity contribution >= 4 is 17.3 Å². The average molecular weight is 401 g/mol. The van der Waals surface area contributed by atoms with Gasteiger partial charge in [-0.05, 0) is 68.3 Å². The molecule has 3 aromatic rings. The highest BCUT2D eigenvalue weighted by atomic mass is 16.5. The number of anilines is 2. The molecule has 154 valence electrons. The molecule has 30 heavy (non-hydrogen) atoms. The molecule has 4 rings (SSSR count). The normalized spacial score (nSPS) is 16.1. The van der Waals surface area contributed by atoms with Gasteiger partial charge in [0.1, 0.15) is 5.75 Å². The Morgan fingerprint density at radius 3 is 2.23 bits per heavy atom. The molecule has 0 spiro atoms. The highest BCUT2D eigenvalue weighted by Gasteiger charge is 2.20. The standard InChI is InChI=1S/C26H28N2O2/c29-26(28(23-12-3-1-4-13-23)24-14-5-2-6-15-24)21-10-9-16-25(20-21)30-19-17-22-11-7-8-18-27-22/h1-6,9-10,12-16,20,22,27H,7-8,11,17-19H2. The summed E-state index contributed by atoms with van der Waals surface area (Å²) >= 11 is 0. The minimum absolute atomic E-state index is 0.0770. The van der Waals surface area contributed by atoms with Gasteiger partial charge in [0.25, 0.3) is 5.91 Å². The van der Waals surface area contributed by atoms with Crippen LogP contribution in [0.15, 0.2) is 84.9 Å². The summed E-state index contributed by atoms with van der Waals surface area (Å²) in [5.41, 5.74) is 2.28. The van der Waals surface area contributed by atoms with Gasteiger partial charge in [-0.3, -0.25) is 9.69 Å². The van der Waals surface area contributed by atoms with Crippen molar-refractivity contribution in [3.05, 3.63) is 90.5 Å². The van der Waals surface area contributed by atoms with Crippen molar-refractivity contribution in [3.8, 4) is 5.75 Å². The molecular weight excluding hydrogens is 372 g/mol. The van der Waals surface area contributed by atoms with Crippen LogP contribution in [0.5, 0.6) is 5.75 Å². The van der Waals surface area contributed by atoms with Crippen LogP contribution >= 0.6 is 0 Å². The topological polar surface area (TPSA) is 41.6 Å². The number of benzene rings is 3. The molecule has 1 saturated heterocycles. The molecule has 1 aliphatic rings. The molecule has 0 saturated carbocycles. The second-order valence-electron chi connectivity index (χ2n) is 7.62. The van der Waals surface area contributed by atoms with Crippen LogP contribution in [-0.2, 0) is 0 Å². The van der Waals surface area contributed by atoms with Crippen molar-refractivity contribution in [3.63, 3.8) is 0 Å². The number of carbonyl (C=O) groups is 1. The first-order valence-corrected chi connectivity index (χ1v) is 10.7. The largest absolute Gasteiger partial charge is 0.494 e. The van der Waals surface area contributed by atoms with E-state index in [1.807, 2.05) is 84.9 Å². The Hall–Kier alpha value is -3.11. The van der Waals surface area contributed by atoms with Crippen LogP contribution in [0.2, 0.25) is 0 Å². The Balaban J connectivity index is 1.50. The molecule has 0 radical (unpaired) electrons. The number of hydrogen-bond acceptors (Lipinski definition) is 3. The van der Waals surface area contributed by atoms with Crippen LogP contribution in [-0.4, -0.2) is 25.1 Å². The minimum atomic E-state index is -0.0770. The summed E-state index contributed by atoms with van der Waals surface area (Å²) in [4.78, 5) is 15.2. The summed E-state index contributed by atoms with van der Waals surface area (Å²) in [7, 11) is 0. The Bertz CT molecular complexity index is 898. The first-order chi connectivity index (χ1) is 14.8. The molecule has 0 aliphatic carbocycles. The van der Waals surface area contributed by atoms with Crippen molar-refractivity contribution in [1.29, 1.82) is 0 Å². The molecule has 1 aliphatic heterocycles. The van der Waals surface area contributed by atoms with Crippen LogP contribution in [0, 0.1) is 0 Å².